The van der Waals surface area contributed by atoms with E-state index < -0.39 is 0 Å². The van der Waals surface area contributed by atoms with Crippen LogP contribution in [0.5, 0.6) is 5.75 Å². The van der Waals surface area contributed by atoms with Gasteiger partial charge in [-0.3, -0.25) is 0 Å². The molecule has 0 heterocycles. The first-order valence-corrected chi connectivity index (χ1v) is 5.49. The van der Waals surface area contributed by atoms with Crippen LogP contribution in [0.2, 0.25) is 5.02 Å². The lowest BCUT2D eigenvalue weighted by molar-refractivity contribution is 0.0656. The van der Waals surface area contributed by atoms with Crippen molar-refractivity contribution in [1.29, 1.82) is 5.26 Å². The van der Waals surface area contributed by atoms with Gasteiger partial charge < -0.3 is 9.47 Å². The number of benzene rings is 1. The number of halogens is 1. The molecule has 0 aromatic heterocycles. The van der Waals surface area contributed by atoms with E-state index in [0.717, 1.165) is 0 Å². The van der Waals surface area contributed by atoms with E-state index in [0.29, 0.717) is 29.5 Å². The molecule has 0 saturated carbocycles. The highest BCUT2D eigenvalue weighted by molar-refractivity contribution is 6.30. The highest BCUT2D eigenvalue weighted by atomic mass is 35.5. The standard InChI is InChI=1S/C12H14ClNO2/c1-3-15-8-9(2)16-12-6-11(13)5-4-10(12)7-14/h4-6,9H,3,8H2,1-2H3. The van der Waals surface area contributed by atoms with Crippen molar-refractivity contribution in [3.8, 4) is 11.8 Å². The molecule has 0 aliphatic rings. The highest BCUT2D eigenvalue weighted by Crippen LogP contribution is 2.23. The van der Waals surface area contributed by atoms with Crippen molar-refractivity contribution < 1.29 is 9.47 Å². The quantitative estimate of drug-likeness (QED) is 0.793. The second-order valence-electron chi connectivity index (χ2n) is 3.34. The summed E-state index contributed by atoms with van der Waals surface area (Å²) in [5, 5.41) is 9.45. The first-order valence-electron chi connectivity index (χ1n) is 5.11. The zero-order valence-corrected chi connectivity index (χ0v) is 10.1. The molecule has 0 radical (unpaired) electrons. The molecule has 0 spiro atoms. The van der Waals surface area contributed by atoms with E-state index in [-0.39, 0.29) is 6.10 Å². The normalized spacial score (nSPS) is 11.9. The number of hydrogen-bond donors (Lipinski definition) is 0. The number of rotatable bonds is 5. The minimum atomic E-state index is -0.106. The molecular formula is C12H14ClNO2. The Morgan fingerprint density at radius 3 is 2.88 bits per heavy atom. The molecule has 1 atom stereocenters. The number of nitrogens with zero attached hydrogens (tertiary/aromatic N) is 1. The third-order valence-electron chi connectivity index (χ3n) is 1.95. The Balaban J connectivity index is 2.72. The van der Waals surface area contributed by atoms with Crippen LogP contribution in [0.1, 0.15) is 19.4 Å². The molecule has 1 rings (SSSR count). The topological polar surface area (TPSA) is 42.2 Å². The van der Waals surface area contributed by atoms with Crippen LogP contribution >= 0.6 is 11.6 Å². The average molecular weight is 240 g/mol. The Kier molecular flexibility index (Phi) is 5.10. The zero-order chi connectivity index (χ0) is 12.0. The Hall–Kier alpha value is -1.24. The second-order valence-corrected chi connectivity index (χ2v) is 3.78. The molecule has 0 aliphatic carbocycles. The zero-order valence-electron chi connectivity index (χ0n) is 9.37. The van der Waals surface area contributed by atoms with Crippen molar-refractivity contribution in [2.24, 2.45) is 0 Å². The largest absolute Gasteiger partial charge is 0.487 e. The lowest BCUT2D eigenvalue weighted by atomic mass is 10.2. The number of hydrogen-bond acceptors (Lipinski definition) is 3. The minimum Gasteiger partial charge on any atom is -0.487 e. The summed E-state index contributed by atoms with van der Waals surface area (Å²) in [4.78, 5) is 0. The molecule has 0 aliphatic heterocycles. The van der Waals surface area contributed by atoms with E-state index in [9.17, 15) is 0 Å². The maximum Gasteiger partial charge on any atom is 0.139 e. The Labute approximate surface area is 101 Å². The van der Waals surface area contributed by atoms with Crippen LogP contribution in [-0.4, -0.2) is 19.3 Å². The molecule has 0 N–H and O–H groups in total. The van der Waals surface area contributed by atoms with Gasteiger partial charge in [0.25, 0.3) is 0 Å². The monoisotopic (exact) mass is 239 g/mol. The molecule has 86 valence electrons. The van der Waals surface area contributed by atoms with Gasteiger partial charge in [0.2, 0.25) is 0 Å². The maximum atomic E-state index is 8.89. The van der Waals surface area contributed by atoms with Gasteiger partial charge in [0.15, 0.2) is 0 Å². The molecule has 1 aromatic carbocycles. The summed E-state index contributed by atoms with van der Waals surface area (Å²) in [6.45, 7) is 4.95. The second kappa shape index (κ2) is 6.37. The van der Waals surface area contributed by atoms with Gasteiger partial charge in [-0.1, -0.05) is 11.6 Å². The summed E-state index contributed by atoms with van der Waals surface area (Å²) in [6, 6.07) is 7.01. The first-order chi connectivity index (χ1) is 7.67. The summed E-state index contributed by atoms with van der Waals surface area (Å²) in [7, 11) is 0. The predicted octanol–water partition coefficient (Wildman–Crippen LogP) is 3.02. The van der Waals surface area contributed by atoms with Crippen LogP contribution in [0, 0.1) is 11.3 Å². The van der Waals surface area contributed by atoms with Crippen molar-refractivity contribution in [1.82, 2.24) is 0 Å². The van der Waals surface area contributed by atoms with Crippen molar-refractivity contribution in [2.75, 3.05) is 13.2 Å². The van der Waals surface area contributed by atoms with Crippen LogP contribution in [0.3, 0.4) is 0 Å². The third kappa shape index (κ3) is 3.73. The summed E-state index contributed by atoms with van der Waals surface area (Å²) in [5.74, 6) is 0.502. The smallest absolute Gasteiger partial charge is 0.139 e. The third-order valence-corrected chi connectivity index (χ3v) is 2.18. The van der Waals surface area contributed by atoms with Gasteiger partial charge in [-0.15, -0.1) is 0 Å². The summed E-state index contributed by atoms with van der Waals surface area (Å²) in [5.41, 5.74) is 0.479. The Bertz CT molecular complexity index is 387. The van der Waals surface area contributed by atoms with Crippen molar-refractivity contribution in [3.63, 3.8) is 0 Å². The molecule has 3 nitrogen and oxygen atoms in total. The Morgan fingerprint density at radius 1 is 1.50 bits per heavy atom. The van der Waals surface area contributed by atoms with Crippen LogP contribution in [0.4, 0.5) is 0 Å². The summed E-state index contributed by atoms with van der Waals surface area (Å²) < 4.78 is 10.8. The van der Waals surface area contributed by atoms with E-state index in [2.05, 4.69) is 6.07 Å². The van der Waals surface area contributed by atoms with E-state index in [1.165, 1.54) is 0 Å². The van der Waals surface area contributed by atoms with Crippen LogP contribution < -0.4 is 4.74 Å². The summed E-state index contributed by atoms with van der Waals surface area (Å²) >= 11 is 5.84. The molecule has 0 amide bonds. The summed E-state index contributed by atoms with van der Waals surface area (Å²) in [6.07, 6.45) is -0.106. The minimum absolute atomic E-state index is 0.106. The number of ether oxygens (including phenoxy) is 2. The van der Waals surface area contributed by atoms with E-state index >= 15 is 0 Å². The van der Waals surface area contributed by atoms with E-state index in [4.69, 9.17) is 26.3 Å². The molecule has 0 saturated heterocycles. The van der Waals surface area contributed by atoms with Crippen molar-refractivity contribution >= 4 is 11.6 Å². The predicted molar refractivity (Wildman–Crippen MR) is 62.8 cm³/mol. The van der Waals surface area contributed by atoms with Gasteiger partial charge >= 0.3 is 0 Å². The Morgan fingerprint density at radius 2 is 2.25 bits per heavy atom. The van der Waals surface area contributed by atoms with Crippen LogP contribution in [0.15, 0.2) is 18.2 Å². The maximum absolute atomic E-state index is 8.89. The van der Waals surface area contributed by atoms with Gasteiger partial charge in [-0.2, -0.15) is 5.26 Å². The van der Waals surface area contributed by atoms with Gasteiger partial charge in [-0.25, -0.2) is 0 Å². The van der Waals surface area contributed by atoms with Crippen molar-refractivity contribution in [2.45, 2.75) is 20.0 Å². The van der Waals surface area contributed by atoms with Crippen LogP contribution in [-0.2, 0) is 4.74 Å². The van der Waals surface area contributed by atoms with Crippen molar-refractivity contribution in [3.05, 3.63) is 28.8 Å². The number of nitriles is 1. The van der Waals surface area contributed by atoms with Gasteiger partial charge in [0, 0.05) is 17.7 Å². The lowest BCUT2D eigenvalue weighted by Crippen LogP contribution is -2.19. The average Bonchev–Trinajstić information content (AvgIpc) is 2.27. The molecule has 1 aromatic rings. The van der Waals surface area contributed by atoms with Gasteiger partial charge in [0.05, 0.1) is 12.2 Å². The molecule has 1 unspecified atom stereocenters. The van der Waals surface area contributed by atoms with Gasteiger partial charge in [-0.05, 0) is 26.0 Å². The van der Waals surface area contributed by atoms with Gasteiger partial charge in [0.1, 0.15) is 17.9 Å². The fraction of sp³-hybridized carbons (Fsp3) is 0.417. The fourth-order valence-corrected chi connectivity index (χ4v) is 1.38. The van der Waals surface area contributed by atoms with E-state index in [1.807, 2.05) is 13.8 Å². The molecular weight excluding hydrogens is 226 g/mol. The molecule has 0 fully saturated rings. The SMILES string of the molecule is CCOCC(C)Oc1cc(Cl)ccc1C#N. The molecule has 4 heteroatoms. The van der Waals surface area contributed by atoms with E-state index in [1.54, 1.807) is 18.2 Å². The lowest BCUT2D eigenvalue weighted by Gasteiger charge is -2.15. The fourth-order valence-electron chi connectivity index (χ4n) is 1.22. The molecule has 0 bridgehead atoms. The molecule has 16 heavy (non-hydrogen) atoms. The highest BCUT2D eigenvalue weighted by Gasteiger charge is 2.09. The van der Waals surface area contributed by atoms with Crippen LogP contribution in [0.25, 0.3) is 0 Å². The first kappa shape index (κ1) is 12.8.